The SMILES string of the molecule is CC(C)[C@@H](CNC12CC[C@@H](C3(C)CC3)[C@@H]1C1(C)CC[C@@H]3[C@@]4(C)CCC(OC(O)[C@H]5C[C@@H](C(=O)O)C5(C)C)C(C)(C)[C@@H]4CC[C@@]3(C)[C@]1(C)CC2)N1CCS(=O)(=O)CC1. The first kappa shape index (κ1) is 42.9. The lowest BCUT2D eigenvalue weighted by Crippen LogP contribution is -2.72. The molecule has 0 radical (unpaired) electrons. The average molecular weight is 815 g/mol. The maximum Gasteiger partial charge on any atom is 0.307 e. The summed E-state index contributed by atoms with van der Waals surface area (Å²) >= 11 is 0. The molecule has 0 aromatic carbocycles. The third-order valence-electron chi connectivity index (χ3n) is 21.6. The third kappa shape index (κ3) is 6.18. The standard InChI is InChI=1S/C48H82N2O6S/c1-30(2)34(50-24-26-57(54,55)27-25-50)29-49-48-19-12-31(43(7)20-21-43)38(48)46(10)18-14-36-44(8)16-15-37(56-40(53)33-28-32(39(51)52)41(33,3)4)42(5,6)35(44)13-17-45(36,9)47(46,11)22-23-48/h30-38,40,49,53H,12-29H2,1-11H3,(H,51,52)/t31-,32+,33-,34-,35+,36-,37?,38-,40?,44+,45-,46?,47+,48?/m1/s1. The number of aliphatic hydroxyl groups excluding tert-OH is 1. The fraction of sp³-hybridized carbons (Fsp3) is 0.979. The van der Waals surface area contributed by atoms with Gasteiger partial charge < -0.3 is 20.3 Å². The molecular weight excluding hydrogens is 733 g/mol. The normalized spacial score (nSPS) is 49.0. The second kappa shape index (κ2) is 13.6. The number of hydrogen-bond acceptors (Lipinski definition) is 7. The van der Waals surface area contributed by atoms with Crippen molar-refractivity contribution in [3.8, 4) is 0 Å². The molecule has 1 saturated heterocycles. The maximum absolute atomic E-state index is 12.4. The lowest BCUT2D eigenvalue weighted by Gasteiger charge is -2.76. The molecule has 0 bridgehead atoms. The maximum atomic E-state index is 12.4. The van der Waals surface area contributed by atoms with Gasteiger partial charge in [-0.3, -0.25) is 9.69 Å². The molecule has 0 amide bonds. The molecule has 14 atom stereocenters. The monoisotopic (exact) mass is 815 g/mol. The van der Waals surface area contributed by atoms with Crippen LogP contribution in [0.25, 0.3) is 0 Å². The summed E-state index contributed by atoms with van der Waals surface area (Å²) in [5.41, 5.74) is 0.927. The van der Waals surface area contributed by atoms with E-state index in [2.05, 4.69) is 72.5 Å². The number of nitrogens with zero attached hydrogens (tertiary/aromatic N) is 1. The van der Waals surface area contributed by atoms with Gasteiger partial charge in [0, 0.05) is 37.1 Å². The Kier molecular flexibility index (Phi) is 10.3. The van der Waals surface area contributed by atoms with Crippen LogP contribution in [0.2, 0.25) is 0 Å². The molecule has 57 heavy (non-hydrogen) atoms. The number of fused-ring (bicyclic) bond motifs is 7. The van der Waals surface area contributed by atoms with E-state index in [-0.39, 0.29) is 44.6 Å². The highest BCUT2D eigenvalue weighted by atomic mass is 32.2. The van der Waals surface area contributed by atoms with Gasteiger partial charge in [-0.15, -0.1) is 0 Å². The van der Waals surface area contributed by atoms with Crippen molar-refractivity contribution in [1.29, 1.82) is 0 Å². The zero-order chi connectivity index (χ0) is 41.6. The Balaban J connectivity index is 1.04. The molecule has 8 rings (SSSR count). The van der Waals surface area contributed by atoms with Crippen molar-refractivity contribution >= 4 is 15.8 Å². The van der Waals surface area contributed by atoms with Crippen LogP contribution in [-0.4, -0.2) is 84.6 Å². The number of sulfone groups is 1. The number of rotatable bonds is 10. The molecule has 326 valence electrons. The number of aliphatic hydroxyl groups is 1. The van der Waals surface area contributed by atoms with E-state index in [1.807, 2.05) is 13.8 Å². The number of ether oxygens (including phenoxy) is 1. The van der Waals surface area contributed by atoms with Crippen LogP contribution in [0.3, 0.4) is 0 Å². The Morgan fingerprint density at radius 3 is 2.02 bits per heavy atom. The second-order valence-corrected chi connectivity index (χ2v) is 26.9. The minimum absolute atomic E-state index is 0.0389. The van der Waals surface area contributed by atoms with E-state index >= 15 is 0 Å². The molecule has 9 heteroatoms. The largest absolute Gasteiger partial charge is 0.481 e. The number of carboxylic acid groups (broad SMARTS) is 1. The van der Waals surface area contributed by atoms with E-state index < -0.39 is 33.4 Å². The van der Waals surface area contributed by atoms with Gasteiger partial charge in [0.2, 0.25) is 0 Å². The summed E-state index contributed by atoms with van der Waals surface area (Å²) in [4.78, 5) is 14.3. The van der Waals surface area contributed by atoms with Crippen LogP contribution in [0.5, 0.6) is 0 Å². The van der Waals surface area contributed by atoms with Crippen LogP contribution in [0.15, 0.2) is 0 Å². The zero-order valence-electron chi connectivity index (χ0n) is 37.9. The van der Waals surface area contributed by atoms with Gasteiger partial charge in [0.1, 0.15) is 0 Å². The Morgan fingerprint density at radius 1 is 0.789 bits per heavy atom. The van der Waals surface area contributed by atoms with Crippen LogP contribution in [0.4, 0.5) is 0 Å². The minimum atomic E-state index is -2.92. The third-order valence-corrected chi connectivity index (χ3v) is 23.2. The Bertz CT molecular complexity index is 1680. The summed E-state index contributed by atoms with van der Waals surface area (Å²) in [7, 11) is -2.92. The van der Waals surface area contributed by atoms with Crippen LogP contribution in [0.1, 0.15) is 160 Å². The number of nitrogens with one attached hydrogen (secondary N) is 1. The highest BCUT2D eigenvalue weighted by Crippen LogP contribution is 2.81. The van der Waals surface area contributed by atoms with E-state index in [1.165, 1.54) is 64.2 Å². The van der Waals surface area contributed by atoms with Gasteiger partial charge in [-0.2, -0.15) is 0 Å². The van der Waals surface area contributed by atoms with Crippen molar-refractivity contribution in [1.82, 2.24) is 10.2 Å². The smallest absolute Gasteiger partial charge is 0.307 e. The summed E-state index contributed by atoms with van der Waals surface area (Å²) in [5, 5.41) is 25.7. The highest BCUT2D eigenvalue weighted by molar-refractivity contribution is 7.91. The summed E-state index contributed by atoms with van der Waals surface area (Å²) in [5.74, 6) is 2.25. The van der Waals surface area contributed by atoms with Crippen LogP contribution < -0.4 is 5.32 Å². The van der Waals surface area contributed by atoms with Crippen LogP contribution >= 0.6 is 0 Å². The molecule has 8 fully saturated rings. The van der Waals surface area contributed by atoms with E-state index in [1.54, 1.807) is 0 Å². The molecule has 0 aromatic rings. The molecule has 1 heterocycles. The van der Waals surface area contributed by atoms with Gasteiger partial charge in [-0.25, -0.2) is 8.42 Å². The van der Waals surface area contributed by atoms with E-state index in [4.69, 9.17) is 4.74 Å². The van der Waals surface area contributed by atoms with Gasteiger partial charge in [-0.1, -0.05) is 76.2 Å². The highest BCUT2D eigenvalue weighted by Gasteiger charge is 2.76. The first-order chi connectivity index (χ1) is 26.3. The molecule has 7 saturated carbocycles. The van der Waals surface area contributed by atoms with Crippen molar-refractivity contribution in [2.45, 2.75) is 184 Å². The summed E-state index contributed by atoms with van der Waals surface area (Å²) < 4.78 is 31.5. The Hall–Kier alpha value is -0.740. The van der Waals surface area contributed by atoms with Crippen molar-refractivity contribution in [3.05, 3.63) is 0 Å². The molecule has 4 unspecified atom stereocenters. The van der Waals surface area contributed by atoms with Crippen molar-refractivity contribution in [3.63, 3.8) is 0 Å². The zero-order valence-corrected chi connectivity index (χ0v) is 38.7. The molecule has 0 aromatic heterocycles. The van der Waals surface area contributed by atoms with Gasteiger partial charge in [0.25, 0.3) is 0 Å². The second-order valence-electron chi connectivity index (χ2n) is 24.6. The minimum Gasteiger partial charge on any atom is -0.481 e. The van der Waals surface area contributed by atoms with Gasteiger partial charge in [-0.05, 0) is 151 Å². The van der Waals surface area contributed by atoms with Crippen LogP contribution in [0, 0.1) is 79.3 Å². The number of carbonyl (C=O) groups is 1. The summed E-state index contributed by atoms with van der Waals surface area (Å²) in [6.07, 6.45) is 14.5. The van der Waals surface area contributed by atoms with Gasteiger partial charge in [0.05, 0.1) is 23.5 Å². The molecule has 3 N–H and O–H groups in total. The topological polar surface area (TPSA) is 116 Å². The predicted molar refractivity (Wildman–Crippen MR) is 227 cm³/mol. The lowest BCUT2D eigenvalue weighted by molar-refractivity contribution is -0.295. The lowest BCUT2D eigenvalue weighted by atomic mass is 9.29. The van der Waals surface area contributed by atoms with E-state index in [9.17, 15) is 23.4 Å². The quantitative estimate of drug-likeness (QED) is 0.188. The first-order valence-electron chi connectivity index (χ1n) is 23.6. The molecular formula is C48H82N2O6S. The molecule has 8 aliphatic rings. The molecule has 8 nitrogen and oxygen atoms in total. The van der Waals surface area contributed by atoms with Gasteiger partial charge in [0.15, 0.2) is 16.1 Å². The number of hydrogen-bond donors (Lipinski definition) is 3. The fourth-order valence-corrected chi connectivity index (χ4v) is 18.6. The predicted octanol–water partition coefficient (Wildman–Crippen LogP) is 8.81. The molecule has 7 aliphatic carbocycles. The molecule has 0 spiro atoms. The Labute approximate surface area is 347 Å². The average Bonchev–Trinajstić information content (AvgIpc) is 3.72. The van der Waals surface area contributed by atoms with Crippen LogP contribution in [-0.2, 0) is 19.4 Å². The molecule has 1 aliphatic heterocycles. The summed E-state index contributed by atoms with van der Waals surface area (Å²) in [6.45, 7) is 29.3. The fourth-order valence-electron chi connectivity index (χ4n) is 17.3. The number of aliphatic carboxylic acids is 1. The van der Waals surface area contributed by atoms with Crippen molar-refractivity contribution in [2.24, 2.45) is 79.3 Å². The van der Waals surface area contributed by atoms with Gasteiger partial charge >= 0.3 is 5.97 Å². The van der Waals surface area contributed by atoms with Crippen molar-refractivity contribution in [2.75, 3.05) is 31.1 Å². The Morgan fingerprint density at radius 2 is 1.42 bits per heavy atom. The van der Waals surface area contributed by atoms with E-state index in [0.717, 1.165) is 25.3 Å². The number of carboxylic acids is 1. The first-order valence-corrected chi connectivity index (χ1v) is 25.4. The van der Waals surface area contributed by atoms with Crippen molar-refractivity contribution < 1.29 is 28.2 Å². The van der Waals surface area contributed by atoms with E-state index in [0.29, 0.717) is 66.1 Å². The summed E-state index contributed by atoms with van der Waals surface area (Å²) in [6, 6.07) is 0.348.